The highest BCUT2D eigenvalue weighted by Crippen LogP contribution is 2.25. The molecular weight excluding hydrogens is 300 g/mol. The Morgan fingerprint density at radius 1 is 1.21 bits per heavy atom. The first-order valence-electron chi connectivity index (χ1n) is 8.87. The summed E-state index contributed by atoms with van der Waals surface area (Å²) in [5.41, 5.74) is 1.67. The molecule has 0 radical (unpaired) electrons. The zero-order valence-corrected chi connectivity index (χ0v) is 14.1. The van der Waals surface area contributed by atoms with Crippen molar-refractivity contribution in [3.05, 3.63) is 48.3 Å². The molecule has 0 saturated carbocycles. The molecule has 1 atom stereocenters. The van der Waals surface area contributed by atoms with Crippen molar-refractivity contribution in [1.82, 2.24) is 19.6 Å². The van der Waals surface area contributed by atoms with Crippen LogP contribution < -0.4 is 0 Å². The Hall–Kier alpha value is -2.14. The van der Waals surface area contributed by atoms with Crippen LogP contribution in [0.1, 0.15) is 36.5 Å². The minimum Gasteiger partial charge on any atom is -0.335 e. The molecule has 1 aromatic carbocycles. The highest BCUT2D eigenvalue weighted by atomic mass is 16.2. The van der Waals surface area contributed by atoms with Gasteiger partial charge in [-0.2, -0.15) is 5.10 Å². The van der Waals surface area contributed by atoms with E-state index in [0.29, 0.717) is 12.1 Å². The van der Waals surface area contributed by atoms with Gasteiger partial charge in [0, 0.05) is 43.1 Å². The number of carbonyl (C=O) groups excluding carboxylic acids is 1. The van der Waals surface area contributed by atoms with Gasteiger partial charge in [-0.1, -0.05) is 12.5 Å². The highest BCUT2D eigenvalue weighted by molar-refractivity contribution is 5.95. The van der Waals surface area contributed by atoms with E-state index in [4.69, 9.17) is 0 Å². The zero-order valence-electron chi connectivity index (χ0n) is 14.1. The summed E-state index contributed by atoms with van der Waals surface area (Å²) in [5, 5.41) is 4.23. The summed E-state index contributed by atoms with van der Waals surface area (Å²) < 4.78 is 1.78. The summed E-state index contributed by atoms with van der Waals surface area (Å²) in [6.45, 7) is 5.21. The van der Waals surface area contributed by atoms with Gasteiger partial charge in [-0.3, -0.25) is 9.69 Å². The Kier molecular flexibility index (Phi) is 4.10. The van der Waals surface area contributed by atoms with Crippen molar-refractivity contribution in [3.63, 3.8) is 0 Å². The fourth-order valence-electron chi connectivity index (χ4n) is 3.88. The first-order valence-corrected chi connectivity index (χ1v) is 8.87. The SMILES string of the molecule is CC1CCCCN1C1CN(C(=O)c2cccc(-n3cccn3)c2)C1. The van der Waals surface area contributed by atoms with Gasteiger partial charge in [0.05, 0.1) is 5.69 Å². The molecule has 0 bridgehead atoms. The molecule has 126 valence electrons. The van der Waals surface area contributed by atoms with Crippen LogP contribution in [0.2, 0.25) is 0 Å². The fourth-order valence-corrected chi connectivity index (χ4v) is 3.88. The topological polar surface area (TPSA) is 41.4 Å². The minimum atomic E-state index is 0.130. The van der Waals surface area contributed by atoms with Crippen LogP contribution in [0.25, 0.3) is 5.69 Å². The molecule has 2 aliphatic rings. The monoisotopic (exact) mass is 324 g/mol. The number of likely N-dealkylation sites (tertiary alicyclic amines) is 2. The van der Waals surface area contributed by atoms with Crippen LogP contribution in [-0.2, 0) is 0 Å². The van der Waals surface area contributed by atoms with Crippen LogP contribution in [-0.4, -0.2) is 57.2 Å². The van der Waals surface area contributed by atoms with E-state index in [2.05, 4.69) is 16.9 Å². The molecule has 3 heterocycles. The van der Waals surface area contributed by atoms with Crippen LogP contribution >= 0.6 is 0 Å². The first kappa shape index (κ1) is 15.4. The van der Waals surface area contributed by atoms with Gasteiger partial charge in [-0.25, -0.2) is 4.68 Å². The Labute approximate surface area is 142 Å². The summed E-state index contributed by atoms with van der Waals surface area (Å²) in [4.78, 5) is 17.3. The normalized spacial score (nSPS) is 22.4. The van der Waals surface area contributed by atoms with Gasteiger partial charge >= 0.3 is 0 Å². The van der Waals surface area contributed by atoms with Gasteiger partial charge in [-0.05, 0) is 50.6 Å². The number of rotatable bonds is 3. The van der Waals surface area contributed by atoms with Crippen LogP contribution in [0, 0.1) is 0 Å². The first-order chi connectivity index (χ1) is 11.7. The highest BCUT2D eigenvalue weighted by Gasteiger charge is 2.37. The lowest BCUT2D eigenvalue weighted by Crippen LogP contribution is -2.63. The fraction of sp³-hybridized carbons (Fsp3) is 0.474. The molecular formula is C19H24N4O. The van der Waals surface area contributed by atoms with Crippen molar-refractivity contribution in [3.8, 4) is 5.69 Å². The van der Waals surface area contributed by atoms with Gasteiger partial charge in [0.1, 0.15) is 0 Å². The molecule has 2 saturated heterocycles. The smallest absolute Gasteiger partial charge is 0.254 e. The van der Waals surface area contributed by atoms with E-state index in [-0.39, 0.29) is 5.91 Å². The standard InChI is InChI=1S/C19H24N4O/c1-15-6-2-3-10-22(15)18-13-21(14-18)19(24)16-7-4-8-17(12-16)23-11-5-9-20-23/h4-5,7-9,11-12,15,18H,2-3,6,10,13-14H2,1H3. The van der Waals surface area contributed by atoms with E-state index >= 15 is 0 Å². The van der Waals surface area contributed by atoms with Gasteiger partial charge < -0.3 is 4.90 Å². The molecule has 1 unspecified atom stereocenters. The zero-order chi connectivity index (χ0) is 16.5. The third kappa shape index (κ3) is 2.84. The summed E-state index contributed by atoms with van der Waals surface area (Å²) in [6.07, 6.45) is 7.56. The molecule has 4 rings (SSSR count). The second kappa shape index (κ2) is 6.40. The molecule has 0 N–H and O–H groups in total. The molecule has 0 aliphatic carbocycles. The van der Waals surface area contributed by atoms with Crippen molar-refractivity contribution in [2.45, 2.75) is 38.3 Å². The second-order valence-corrected chi connectivity index (χ2v) is 6.95. The van der Waals surface area contributed by atoms with Crippen molar-refractivity contribution < 1.29 is 4.79 Å². The van der Waals surface area contributed by atoms with Gasteiger partial charge in [0.15, 0.2) is 0 Å². The quantitative estimate of drug-likeness (QED) is 0.871. The number of hydrogen-bond donors (Lipinski definition) is 0. The number of aromatic nitrogens is 2. The van der Waals surface area contributed by atoms with E-state index in [1.165, 1.54) is 25.8 Å². The summed E-state index contributed by atoms with van der Waals surface area (Å²) in [7, 11) is 0. The van der Waals surface area contributed by atoms with Crippen molar-refractivity contribution in [2.75, 3.05) is 19.6 Å². The van der Waals surface area contributed by atoms with Crippen LogP contribution in [0.15, 0.2) is 42.7 Å². The molecule has 2 fully saturated rings. The third-order valence-electron chi connectivity index (χ3n) is 5.33. The maximum atomic E-state index is 12.7. The van der Waals surface area contributed by atoms with Crippen LogP contribution in [0.5, 0.6) is 0 Å². The molecule has 1 amide bonds. The van der Waals surface area contributed by atoms with E-state index in [1.807, 2.05) is 41.4 Å². The predicted molar refractivity (Wildman–Crippen MR) is 93.3 cm³/mol. The van der Waals surface area contributed by atoms with E-state index < -0.39 is 0 Å². The Morgan fingerprint density at radius 3 is 2.83 bits per heavy atom. The number of piperidine rings is 1. The lowest BCUT2D eigenvalue weighted by atomic mass is 9.97. The van der Waals surface area contributed by atoms with Gasteiger partial charge in [0.25, 0.3) is 5.91 Å². The molecule has 5 nitrogen and oxygen atoms in total. The number of nitrogens with zero attached hydrogens (tertiary/aromatic N) is 4. The second-order valence-electron chi connectivity index (χ2n) is 6.95. The largest absolute Gasteiger partial charge is 0.335 e. The summed E-state index contributed by atoms with van der Waals surface area (Å²) in [5.74, 6) is 0.130. The van der Waals surface area contributed by atoms with Gasteiger partial charge in [-0.15, -0.1) is 0 Å². The summed E-state index contributed by atoms with van der Waals surface area (Å²) >= 11 is 0. The lowest BCUT2D eigenvalue weighted by molar-refractivity contribution is 0.00213. The molecule has 24 heavy (non-hydrogen) atoms. The Morgan fingerprint density at radius 2 is 2.08 bits per heavy atom. The Bertz CT molecular complexity index is 706. The Balaban J connectivity index is 1.42. The van der Waals surface area contributed by atoms with E-state index in [0.717, 1.165) is 24.3 Å². The van der Waals surface area contributed by atoms with Crippen molar-refractivity contribution in [2.24, 2.45) is 0 Å². The minimum absolute atomic E-state index is 0.130. The molecule has 1 aromatic heterocycles. The van der Waals surface area contributed by atoms with Gasteiger partial charge in [0.2, 0.25) is 0 Å². The number of carbonyl (C=O) groups is 1. The lowest BCUT2D eigenvalue weighted by Gasteiger charge is -2.49. The average molecular weight is 324 g/mol. The molecule has 0 spiro atoms. The van der Waals surface area contributed by atoms with E-state index in [1.54, 1.807) is 10.9 Å². The summed E-state index contributed by atoms with van der Waals surface area (Å²) in [6, 6.07) is 10.8. The predicted octanol–water partition coefficient (Wildman–Crippen LogP) is 2.57. The molecule has 2 aromatic rings. The molecule has 2 aliphatic heterocycles. The number of benzene rings is 1. The number of amides is 1. The maximum Gasteiger partial charge on any atom is 0.254 e. The maximum absolute atomic E-state index is 12.7. The molecule has 5 heteroatoms. The average Bonchev–Trinajstić information content (AvgIpc) is 3.10. The van der Waals surface area contributed by atoms with E-state index in [9.17, 15) is 4.79 Å². The van der Waals surface area contributed by atoms with Crippen LogP contribution in [0.4, 0.5) is 0 Å². The number of hydrogen-bond acceptors (Lipinski definition) is 3. The van der Waals surface area contributed by atoms with Crippen molar-refractivity contribution >= 4 is 5.91 Å². The van der Waals surface area contributed by atoms with Crippen molar-refractivity contribution in [1.29, 1.82) is 0 Å². The van der Waals surface area contributed by atoms with Crippen LogP contribution in [0.3, 0.4) is 0 Å². The third-order valence-corrected chi connectivity index (χ3v) is 5.33.